The molecule has 0 aliphatic carbocycles. The van der Waals surface area contributed by atoms with E-state index in [9.17, 15) is 4.79 Å². The third kappa shape index (κ3) is 4.63. The first-order valence-electron chi connectivity index (χ1n) is 7.27. The zero-order valence-electron chi connectivity index (χ0n) is 12.7. The fourth-order valence-corrected chi connectivity index (χ4v) is 2.81. The zero-order valence-corrected chi connectivity index (χ0v) is 12.7. The molecule has 5 heteroatoms. The highest BCUT2D eigenvalue weighted by molar-refractivity contribution is 5.67. The average molecular weight is 293 g/mol. The van der Waals surface area contributed by atoms with Gasteiger partial charge in [-0.1, -0.05) is 0 Å². The molecule has 0 radical (unpaired) electrons. The van der Waals surface area contributed by atoms with Gasteiger partial charge in [0.15, 0.2) is 0 Å². The summed E-state index contributed by atoms with van der Waals surface area (Å²) < 4.78 is 10.6. The maximum absolute atomic E-state index is 10.7. The third-order valence-corrected chi connectivity index (χ3v) is 3.99. The summed E-state index contributed by atoms with van der Waals surface area (Å²) in [5, 5.41) is 8.84. The van der Waals surface area contributed by atoms with Crippen LogP contribution in [-0.4, -0.2) is 43.3 Å². The average Bonchev–Trinajstić information content (AvgIpc) is 2.48. The summed E-state index contributed by atoms with van der Waals surface area (Å²) in [6.45, 7) is 2.72. The van der Waals surface area contributed by atoms with Crippen LogP contribution in [0.3, 0.4) is 0 Å². The number of benzene rings is 1. The lowest BCUT2D eigenvalue weighted by Gasteiger charge is -2.31. The highest BCUT2D eigenvalue weighted by Gasteiger charge is 2.21. The smallest absolute Gasteiger partial charge is 0.303 e. The van der Waals surface area contributed by atoms with Gasteiger partial charge < -0.3 is 14.6 Å². The summed E-state index contributed by atoms with van der Waals surface area (Å²) in [5.74, 6) is 1.22. The van der Waals surface area contributed by atoms with Crippen LogP contribution in [-0.2, 0) is 11.3 Å². The predicted octanol–water partition coefficient (Wildman–Crippen LogP) is 2.39. The van der Waals surface area contributed by atoms with Gasteiger partial charge in [-0.15, -0.1) is 0 Å². The van der Waals surface area contributed by atoms with Crippen LogP contribution in [0.5, 0.6) is 11.5 Å². The highest BCUT2D eigenvalue weighted by Crippen LogP contribution is 2.26. The summed E-state index contributed by atoms with van der Waals surface area (Å²) in [5.41, 5.74) is 1.16. The molecule has 0 bridgehead atoms. The fraction of sp³-hybridized carbons (Fsp3) is 0.562. The first-order chi connectivity index (χ1) is 10.1. The highest BCUT2D eigenvalue weighted by atomic mass is 16.5. The Kier molecular flexibility index (Phi) is 5.44. The van der Waals surface area contributed by atoms with Gasteiger partial charge in [0.1, 0.15) is 11.5 Å². The van der Waals surface area contributed by atoms with Gasteiger partial charge in [0.2, 0.25) is 0 Å². The number of ether oxygens (including phenoxy) is 2. The van der Waals surface area contributed by atoms with E-state index in [4.69, 9.17) is 14.6 Å². The van der Waals surface area contributed by atoms with Gasteiger partial charge >= 0.3 is 5.97 Å². The fourth-order valence-electron chi connectivity index (χ4n) is 2.81. The number of hydrogen-bond acceptors (Lipinski definition) is 4. The van der Waals surface area contributed by atoms with Gasteiger partial charge in [-0.25, -0.2) is 0 Å². The van der Waals surface area contributed by atoms with Gasteiger partial charge in [-0.2, -0.15) is 0 Å². The van der Waals surface area contributed by atoms with Crippen LogP contribution in [0.1, 0.15) is 24.8 Å². The summed E-state index contributed by atoms with van der Waals surface area (Å²) in [6, 6.07) is 5.90. The van der Waals surface area contributed by atoms with E-state index in [2.05, 4.69) is 4.90 Å². The Morgan fingerprint density at radius 2 is 1.76 bits per heavy atom. The molecule has 1 N–H and O–H groups in total. The second-order valence-electron chi connectivity index (χ2n) is 5.54. The van der Waals surface area contributed by atoms with E-state index in [1.165, 1.54) is 0 Å². The predicted molar refractivity (Wildman–Crippen MR) is 79.8 cm³/mol. The Morgan fingerprint density at radius 3 is 2.24 bits per heavy atom. The summed E-state index contributed by atoms with van der Waals surface area (Å²) in [6.07, 6.45) is 2.20. The van der Waals surface area contributed by atoms with Gasteiger partial charge in [0.05, 0.1) is 14.2 Å². The maximum atomic E-state index is 10.7. The molecule has 1 aliphatic heterocycles. The van der Waals surface area contributed by atoms with Gasteiger partial charge in [-0.05, 0) is 49.5 Å². The lowest BCUT2D eigenvalue weighted by Crippen LogP contribution is -2.33. The lowest BCUT2D eigenvalue weighted by atomic mass is 9.93. The van der Waals surface area contributed by atoms with E-state index >= 15 is 0 Å². The first kappa shape index (κ1) is 15.6. The number of aliphatic carboxylic acids is 1. The van der Waals surface area contributed by atoms with E-state index in [-0.39, 0.29) is 0 Å². The van der Waals surface area contributed by atoms with E-state index in [0.29, 0.717) is 12.3 Å². The van der Waals surface area contributed by atoms with E-state index in [1.54, 1.807) is 14.2 Å². The van der Waals surface area contributed by atoms with Crippen LogP contribution in [0.25, 0.3) is 0 Å². The molecule has 1 heterocycles. The minimum atomic E-state index is -0.689. The molecular weight excluding hydrogens is 270 g/mol. The Labute approximate surface area is 125 Å². The molecule has 5 nitrogen and oxygen atoms in total. The first-order valence-corrected chi connectivity index (χ1v) is 7.27. The van der Waals surface area contributed by atoms with Crippen LogP contribution >= 0.6 is 0 Å². The van der Waals surface area contributed by atoms with Crippen LogP contribution in [0, 0.1) is 5.92 Å². The number of carboxylic acid groups (broad SMARTS) is 1. The molecule has 1 fully saturated rings. The zero-order chi connectivity index (χ0) is 15.2. The van der Waals surface area contributed by atoms with Crippen molar-refractivity contribution in [2.45, 2.75) is 25.8 Å². The van der Waals surface area contributed by atoms with Crippen molar-refractivity contribution in [2.24, 2.45) is 5.92 Å². The topological polar surface area (TPSA) is 59.0 Å². The molecule has 116 valence electrons. The normalized spacial score (nSPS) is 16.7. The monoisotopic (exact) mass is 293 g/mol. The Morgan fingerprint density at radius 1 is 1.19 bits per heavy atom. The van der Waals surface area contributed by atoms with Crippen molar-refractivity contribution in [3.8, 4) is 11.5 Å². The number of piperidine rings is 1. The van der Waals surface area contributed by atoms with Crippen molar-refractivity contribution in [3.05, 3.63) is 23.8 Å². The summed E-state index contributed by atoms with van der Waals surface area (Å²) in [4.78, 5) is 13.1. The second-order valence-corrected chi connectivity index (χ2v) is 5.54. The standard InChI is InChI=1S/C16H23NO4/c1-20-14-7-13(8-15(10-14)21-2)11-17-5-3-12(4-6-17)9-16(18)19/h7-8,10,12H,3-6,9,11H2,1-2H3,(H,18,19). The molecule has 21 heavy (non-hydrogen) atoms. The van der Waals surface area contributed by atoms with Crippen molar-refractivity contribution < 1.29 is 19.4 Å². The molecule has 0 amide bonds. The van der Waals surface area contributed by atoms with Crippen molar-refractivity contribution in [1.82, 2.24) is 4.90 Å². The molecule has 1 aromatic carbocycles. The quantitative estimate of drug-likeness (QED) is 0.872. The van der Waals surface area contributed by atoms with Crippen molar-refractivity contribution in [2.75, 3.05) is 27.3 Å². The molecule has 0 aromatic heterocycles. The van der Waals surface area contributed by atoms with Crippen molar-refractivity contribution >= 4 is 5.97 Å². The molecule has 0 spiro atoms. The minimum Gasteiger partial charge on any atom is -0.497 e. The number of nitrogens with zero attached hydrogens (tertiary/aromatic N) is 1. The van der Waals surface area contributed by atoms with Crippen LogP contribution < -0.4 is 9.47 Å². The third-order valence-electron chi connectivity index (χ3n) is 3.99. The molecule has 2 rings (SSSR count). The lowest BCUT2D eigenvalue weighted by molar-refractivity contribution is -0.138. The van der Waals surface area contributed by atoms with Crippen molar-refractivity contribution in [3.63, 3.8) is 0 Å². The molecular formula is C16H23NO4. The van der Waals surface area contributed by atoms with Gasteiger partial charge in [0, 0.05) is 19.0 Å². The number of hydrogen-bond donors (Lipinski definition) is 1. The van der Waals surface area contributed by atoms with Crippen molar-refractivity contribution in [1.29, 1.82) is 0 Å². The van der Waals surface area contributed by atoms with Crippen LogP contribution in [0.15, 0.2) is 18.2 Å². The molecule has 1 saturated heterocycles. The molecule has 0 unspecified atom stereocenters. The Balaban J connectivity index is 1.92. The number of carboxylic acids is 1. The number of likely N-dealkylation sites (tertiary alicyclic amines) is 1. The minimum absolute atomic E-state index is 0.292. The van der Waals surface area contributed by atoms with Crippen LogP contribution in [0.4, 0.5) is 0 Å². The van der Waals surface area contributed by atoms with E-state index in [0.717, 1.165) is 49.5 Å². The molecule has 1 aromatic rings. The number of rotatable bonds is 6. The van der Waals surface area contributed by atoms with Gasteiger partial charge in [-0.3, -0.25) is 9.69 Å². The number of methoxy groups -OCH3 is 2. The largest absolute Gasteiger partial charge is 0.497 e. The molecule has 0 saturated carbocycles. The SMILES string of the molecule is COc1cc(CN2CCC(CC(=O)O)CC2)cc(OC)c1. The van der Waals surface area contributed by atoms with Crippen LogP contribution in [0.2, 0.25) is 0 Å². The van der Waals surface area contributed by atoms with E-state index in [1.807, 2.05) is 18.2 Å². The van der Waals surface area contributed by atoms with E-state index < -0.39 is 5.97 Å². The molecule has 0 atom stereocenters. The summed E-state index contributed by atoms with van der Waals surface area (Å²) in [7, 11) is 3.30. The number of carbonyl (C=O) groups is 1. The second kappa shape index (κ2) is 7.31. The van der Waals surface area contributed by atoms with Gasteiger partial charge in [0.25, 0.3) is 0 Å². The maximum Gasteiger partial charge on any atom is 0.303 e. The Bertz CT molecular complexity index is 459. The molecule has 1 aliphatic rings. The summed E-state index contributed by atoms with van der Waals surface area (Å²) >= 11 is 0. The Hall–Kier alpha value is -1.75.